The Hall–Kier alpha value is -2.93. The molecule has 0 bridgehead atoms. The van der Waals surface area contributed by atoms with E-state index in [9.17, 15) is 4.79 Å². The first-order valence-electron chi connectivity index (χ1n) is 9.13. The third-order valence-electron chi connectivity index (χ3n) is 4.70. The topological polar surface area (TPSA) is 73.1 Å². The van der Waals surface area contributed by atoms with Crippen molar-refractivity contribution in [3.63, 3.8) is 0 Å². The Morgan fingerprint density at radius 2 is 1.96 bits per heavy atom. The maximum atomic E-state index is 13.1. The first-order chi connectivity index (χ1) is 13.6. The summed E-state index contributed by atoms with van der Waals surface area (Å²) in [6, 6.07) is 11.9. The number of aryl methyl sites for hydroxylation is 1. The molecule has 0 radical (unpaired) electrons. The van der Waals surface area contributed by atoms with Crippen LogP contribution in [0.2, 0.25) is 5.02 Å². The second-order valence-electron chi connectivity index (χ2n) is 6.72. The van der Waals surface area contributed by atoms with E-state index < -0.39 is 0 Å². The predicted octanol–water partition coefficient (Wildman–Crippen LogP) is 3.21. The zero-order valence-electron chi connectivity index (χ0n) is 15.5. The molecule has 3 heterocycles. The molecule has 1 atom stereocenters. The Morgan fingerprint density at radius 3 is 2.71 bits per heavy atom. The molecule has 1 aromatic carbocycles. The second kappa shape index (κ2) is 7.98. The molecule has 1 aliphatic rings. The number of carbonyl (C=O) groups is 1. The first-order valence-corrected chi connectivity index (χ1v) is 9.51. The SMILES string of the molecule is Cn1nc(-c2ccccc2)cc1C(=O)N1CCCC(Oc2ncc(Cl)cn2)C1. The van der Waals surface area contributed by atoms with Crippen LogP contribution in [0.25, 0.3) is 11.3 Å². The van der Waals surface area contributed by atoms with Crippen LogP contribution >= 0.6 is 11.6 Å². The van der Waals surface area contributed by atoms with E-state index >= 15 is 0 Å². The Labute approximate surface area is 167 Å². The van der Waals surface area contributed by atoms with Gasteiger partial charge in [0.15, 0.2) is 0 Å². The number of ether oxygens (including phenoxy) is 1. The van der Waals surface area contributed by atoms with E-state index in [-0.39, 0.29) is 18.0 Å². The molecule has 0 N–H and O–H groups in total. The highest BCUT2D eigenvalue weighted by Gasteiger charge is 2.28. The highest BCUT2D eigenvalue weighted by molar-refractivity contribution is 6.30. The van der Waals surface area contributed by atoms with Crippen LogP contribution in [0.3, 0.4) is 0 Å². The van der Waals surface area contributed by atoms with E-state index in [4.69, 9.17) is 16.3 Å². The number of hydrogen-bond acceptors (Lipinski definition) is 5. The summed E-state index contributed by atoms with van der Waals surface area (Å²) < 4.78 is 7.47. The lowest BCUT2D eigenvalue weighted by atomic mass is 10.1. The zero-order valence-corrected chi connectivity index (χ0v) is 16.2. The van der Waals surface area contributed by atoms with Gasteiger partial charge in [0.1, 0.15) is 11.8 Å². The van der Waals surface area contributed by atoms with E-state index in [2.05, 4.69) is 15.1 Å². The third kappa shape index (κ3) is 3.99. The minimum atomic E-state index is -0.152. The van der Waals surface area contributed by atoms with Crippen molar-refractivity contribution in [2.45, 2.75) is 18.9 Å². The lowest BCUT2D eigenvalue weighted by Gasteiger charge is -2.32. The number of likely N-dealkylation sites (tertiary alicyclic amines) is 1. The fraction of sp³-hybridized carbons (Fsp3) is 0.300. The average molecular weight is 398 g/mol. The molecule has 1 amide bonds. The van der Waals surface area contributed by atoms with Crippen molar-refractivity contribution >= 4 is 17.5 Å². The minimum Gasteiger partial charge on any atom is -0.458 e. The Balaban J connectivity index is 1.47. The quantitative estimate of drug-likeness (QED) is 0.675. The van der Waals surface area contributed by atoms with Crippen molar-refractivity contribution in [2.24, 2.45) is 7.05 Å². The zero-order chi connectivity index (χ0) is 19.5. The summed E-state index contributed by atoms with van der Waals surface area (Å²) in [5, 5.41) is 4.95. The summed E-state index contributed by atoms with van der Waals surface area (Å²) in [4.78, 5) is 23.0. The van der Waals surface area contributed by atoms with E-state index in [0.717, 1.165) is 24.1 Å². The third-order valence-corrected chi connectivity index (χ3v) is 4.90. The molecule has 1 saturated heterocycles. The van der Waals surface area contributed by atoms with Crippen LogP contribution in [-0.4, -0.2) is 49.7 Å². The van der Waals surface area contributed by atoms with E-state index in [1.807, 2.05) is 36.4 Å². The van der Waals surface area contributed by atoms with Crippen molar-refractivity contribution in [3.05, 3.63) is 59.5 Å². The lowest BCUT2D eigenvalue weighted by molar-refractivity contribution is 0.0506. The van der Waals surface area contributed by atoms with Gasteiger partial charge in [0.05, 0.1) is 29.7 Å². The van der Waals surface area contributed by atoms with Gasteiger partial charge in [0.2, 0.25) is 0 Å². The largest absolute Gasteiger partial charge is 0.458 e. The van der Waals surface area contributed by atoms with E-state index in [0.29, 0.717) is 23.8 Å². The molecule has 0 saturated carbocycles. The number of carbonyl (C=O) groups excluding carboxylic acids is 1. The van der Waals surface area contributed by atoms with Gasteiger partial charge >= 0.3 is 6.01 Å². The van der Waals surface area contributed by atoms with Crippen molar-refractivity contribution in [2.75, 3.05) is 13.1 Å². The first kappa shape index (κ1) is 18.4. The normalized spacial score (nSPS) is 16.8. The molecular weight excluding hydrogens is 378 g/mol. The van der Waals surface area contributed by atoms with Gasteiger partial charge < -0.3 is 9.64 Å². The van der Waals surface area contributed by atoms with Gasteiger partial charge in [-0.25, -0.2) is 9.97 Å². The maximum Gasteiger partial charge on any atom is 0.316 e. The van der Waals surface area contributed by atoms with Crippen LogP contribution in [0, 0.1) is 0 Å². The molecule has 3 aromatic rings. The average Bonchev–Trinajstić information content (AvgIpc) is 3.12. The number of amides is 1. The Morgan fingerprint density at radius 1 is 1.21 bits per heavy atom. The molecule has 1 unspecified atom stereocenters. The number of halogens is 1. The van der Waals surface area contributed by atoms with Gasteiger partial charge in [0.25, 0.3) is 5.91 Å². The van der Waals surface area contributed by atoms with E-state index in [1.54, 1.807) is 16.6 Å². The molecule has 8 heteroatoms. The van der Waals surface area contributed by atoms with Gasteiger partial charge in [-0.05, 0) is 18.9 Å². The van der Waals surface area contributed by atoms with Crippen LogP contribution in [-0.2, 0) is 7.05 Å². The molecule has 2 aromatic heterocycles. The van der Waals surface area contributed by atoms with Crippen molar-refractivity contribution in [3.8, 4) is 17.3 Å². The highest BCUT2D eigenvalue weighted by atomic mass is 35.5. The fourth-order valence-corrected chi connectivity index (χ4v) is 3.41. The Bertz CT molecular complexity index is 958. The number of aromatic nitrogens is 4. The Kier molecular flexibility index (Phi) is 5.25. The van der Waals surface area contributed by atoms with Crippen LogP contribution in [0.15, 0.2) is 48.8 Å². The molecular formula is C20H20ClN5O2. The lowest BCUT2D eigenvalue weighted by Crippen LogP contribution is -2.45. The predicted molar refractivity (Wildman–Crippen MR) is 105 cm³/mol. The molecule has 1 aliphatic heterocycles. The van der Waals surface area contributed by atoms with Crippen LogP contribution in [0.5, 0.6) is 6.01 Å². The number of rotatable bonds is 4. The maximum absolute atomic E-state index is 13.1. The van der Waals surface area contributed by atoms with Crippen LogP contribution in [0.1, 0.15) is 23.3 Å². The standard InChI is InChI=1S/C20H20ClN5O2/c1-25-18(10-17(24-25)14-6-3-2-4-7-14)19(27)26-9-5-8-16(13-26)28-20-22-11-15(21)12-23-20/h2-4,6-7,10-12,16H,5,8-9,13H2,1H3. The van der Waals surface area contributed by atoms with Crippen molar-refractivity contribution in [1.29, 1.82) is 0 Å². The number of piperidine rings is 1. The van der Waals surface area contributed by atoms with Gasteiger partial charge in [-0.2, -0.15) is 5.10 Å². The monoisotopic (exact) mass is 397 g/mol. The van der Waals surface area contributed by atoms with Crippen molar-refractivity contribution < 1.29 is 9.53 Å². The number of hydrogen-bond donors (Lipinski definition) is 0. The summed E-state index contributed by atoms with van der Waals surface area (Å²) in [5.41, 5.74) is 2.32. The number of nitrogens with zero attached hydrogens (tertiary/aromatic N) is 5. The summed E-state index contributed by atoms with van der Waals surface area (Å²) in [5.74, 6) is -0.0532. The summed E-state index contributed by atoms with van der Waals surface area (Å²) in [6.07, 6.45) is 4.54. The van der Waals surface area contributed by atoms with Crippen LogP contribution in [0.4, 0.5) is 0 Å². The summed E-state index contributed by atoms with van der Waals surface area (Å²) in [7, 11) is 1.79. The minimum absolute atomic E-state index is 0.0532. The molecule has 1 fully saturated rings. The highest BCUT2D eigenvalue weighted by Crippen LogP contribution is 2.22. The second-order valence-corrected chi connectivity index (χ2v) is 7.16. The van der Waals surface area contributed by atoms with E-state index in [1.165, 1.54) is 12.4 Å². The fourth-order valence-electron chi connectivity index (χ4n) is 3.31. The molecule has 7 nitrogen and oxygen atoms in total. The smallest absolute Gasteiger partial charge is 0.316 e. The molecule has 0 spiro atoms. The van der Waals surface area contributed by atoms with Gasteiger partial charge in [-0.3, -0.25) is 9.48 Å². The molecule has 0 aliphatic carbocycles. The number of benzene rings is 1. The van der Waals surface area contributed by atoms with Crippen molar-refractivity contribution in [1.82, 2.24) is 24.6 Å². The van der Waals surface area contributed by atoms with Gasteiger partial charge in [-0.15, -0.1) is 0 Å². The molecule has 144 valence electrons. The molecule has 28 heavy (non-hydrogen) atoms. The summed E-state index contributed by atoms with van der Waals surface area (Å²) >= 11 is 5.81. The van der Waals surface area contributed by atoms with Gasteiger partial charge in [0, 0.05) is 19.2 Å². The van der Waals surface area contributed by atoms with Crippen LogP contribution < -0.4 is 4.74 Å². The molecule has 4 rings (SSSR count). The summed E-state index contributed by atoms with van der Waals surface area (Å²) in [6.45, 7) is 1.17. The van der Waals surface area contributed by atoms with Gasteiger partial charge in [-0.1, -0.05) is 41.9 Å².